The molecular formula is C40H71NOSi. The van der Waals surface area contributed by atoms with Gasteiger partial charge in [0.25, 0.3) is 0 Å². The average molecular weight is 610 g/mol. The van der Waals surface area contributed by atoms with Crippen LogP contribution in [0, 0.1) is 47.3 Å². The Balaban J connectivity index is 1.20. The van der Waals surface area contributed by atoms with Gasteiger partial charge < -0.3 is 4.74 Å². The highest BCUT2D eigenvalue weighted by Gasteiger charge is 2.68. The lowest BCUT2D eigenvalue weighted by Gasteiger charge is -2.52. The third-order valence-corrected chi connectivity index (χ3v) is 21.9. The number of nitrogens with zero attached hydrogens (tertiary/aromatic N) is 1. The predicted octanol–water partition coefficient (Wildman–Crippen LogP) is 11.1. The minimum atomic E-state index is -1.56. The molecule has 2 nitrogen and oxygen atoms in total. The second-order valence-corrected chi connectivity index (χ2v) is 23.6. The fourth-order valence-electron chi connectivity index (χ4n) is 14.7. The molecule has 246 valence electrons. The molecule has 6 saturated carbocycles. The van der Waals surface area contributed by atoms with Gasteiger partial charge in [-0.2, -0.15) is 0 Å². The number of rotatable bonds is 9. The maximum absolute atomic E-state index is 6.13. The van der Waals surface area contributed by atoms with Crippen molar-refractivity contribution in [3.05, 3.63) is 0 Å². The summed E-state index contributed by atoms with van der Waals surface area (Å²) in [5, 5.41) is 0. The number of hydrogen-bond acceptors (Lipinski definition) is 2. The van der Waals surface area contributed by atoms with E-state index in [4.69, 9.17) is 4.74 Å². The highest BCUT2D eigenvalue weighted by Crippen LogP contribution is 2.72. The molecule has 0 aromatic carbocycles. The Bertz CT molecular complexity index is 906. The Hall–Kier alpha value is 0.137. The topological polar surface area (TPSA) is 12.5 Å². The fraction of sp³-hybridized carbons (Fsp3) is 1.00. The molecule has 1 aliphatic heterocycles. The van der Waals surface area contributed by atoms with E-state index >= 15 is 0 Å². The molecule has 6 aliphatic carbocycles. The summed E-state index contributed by atoms with van der Waals surface area (Å²) in [5.74, 6) is 8.76. The Labute approximate surface area is 268 Å². The third-order valence-electron chi connectivity index (χ3n) is 15.7. The maximum atomic E-state index is 6.13. The Morgan fingerprint density at radius 2 is 1.07 bits per heavy atom. The molecular weight excluding hydrogens is 539 g/mol. The molecule has 0 aromatic heterocycles. The largest absolute Gasteiger partial charge is 0.376 e. The van der Waals surface area contributed by atoms with Gasteiger partial charge >= 0.3 is 0 Å². The highest BCUT2D eigenvalue weighted by molar-refractivity contribution is 6.81. The van der Waals surface area contributed by atoms with E-state index in [1.807, 2.05) is 0 Å². The fourth-order valence-corrected chi connectivity index (χ4v) is 22.3. The van der Waals surface area contributed by atoms with Gasteiger partial charge in [-0.3, -0.25) is 4.90 Å². The van der Waals surface area contributed by atoms with Crippen LogP contribution in [0.4, 0.5) is 0 Å². The van der Waals surface area contributed by atoms with E-state index in [-0.39, 0.29) is 5.60 Å². The van der Waals surface area contributed by atoms with Gasteiger partial charge in [-0.25, -0.2) is 0 Å². The molecule has 0 amide bonds. The minimum Gasteiger partial charge on any atom is -0.376 e. The lowest BCUT2D eigenvalue weighted by atomic mass is 9.73. The summed E-state index contributed by atoms with van der Waals surface area (Å²) in [6.07, 6.45) is 30.8. The Morgan fingerprint density at radius 3 is 1.67 bits per heavy atom. The van der Waals surface area contributed by atoms with Crippen LogP contribution in [0.1, 0.15) is 149 Å². The lowest BCUT2D eigenvalue weighted by Crippen LogP contribution is -2.51. The maximum Gasteiger partial charge on any atom is 0.0598 e. The van der Waals surface area contributed by atoms with E-state index in [2.05, 4.69) is 39.3 Å². The monoisotopic (exact) mass is 610 g/mol. The van der Waals surface area contributed by atoms with E-state index in [1.54, 1.807) is 89.5 Å². The molecule has 12 unspecified atom stereocenters. The van der Waals surface area contributed by atoms with Crippen molar-refractivity contribution in [1.82, 2.24) is 4.90 Å². The molecule has 0 radical (unpaired) electrons. The molecule has 3 heteroatoms. The van der Waals surface area contributed by atoms with Gasteiger partial charge in [0.1, 0.15) is 0 Å². The van der Waals surface area contributed by atoms with Crippen molar-refractivity contribution in [1.29, 1.82) is 0 Å². The summed E-state index contributed by atoms with van der Waals surface area (Å²) in [6.45, 7) is 10.7. The van der Waals surface area contributed by atoms with Gasteiger partial charge in [0.2, 0.25) is 0 Å². The molecule has 0 N–H and O–H groups in total. The number of hydrogen-bond donors (Lipinski definition) is 0. The van der Waals surface area contributed by atoms with Crippen LogP contribution in [0.25, 0.3) is 0 Å². The van der Waals surface area contributed by atoms with E-state index in [0.29, 0.717) is 0 Å². The third kappa shape index (κ3) is 5.80. The van der Waals surface area contributed by atoms with Gasteiger partial charge in [-0.05, 0) is 125 Å². The van der Waals surface area contributed by atoms with Gasteiger partial charge in [0.05, 0.1) is 13.7 Å². The molecule has 43 heavy (non-hydrogen) atoms. The second-order valence-electron chi connectivity index (χ2n) is 18.8. The summed E-state index contributed by atoms with van der Waals surface area (Å²) < 4.78 is 6.13. The summed E-state index contributed by atoms with van der Waals surface area (Å²) in [5.41, 5.74) is 2.34. The summed E-state index contributed by atoms with van der Waals surface area (Å²) in [4.78, 5) is 3.07. The van der Waals surface area contributed by atoms with Crippen molar-refractivity contribution in [2.75, 3.05) is 13.7 Å². The van der Waals surface area contributed by atoms with E-state index in [9.17, 15) is 0 Å². The molecule has 12 atom stereocenters. The van der Waals surface area contributed by atoms with Crippen LogP contribution in [-0.4, -0.2) is 44.3 Å². The first-order valence-electron chi connectivity index (χ1n) is 20.2. The summed E-state index contributed by atoms with van der Waals surface area (Å²) in [6, 6.07) is 3.57. The smallest absolute Gasteiger partial charge is 0.0598 e. The van der Waals surface area contributed by atoms with Crippen molar-refractivity contribution in [3.63, 3.8) is 0 Å². The van der Waals surface area contributed by atoms with Crippen molar-refractivity contribution in [2.24, 2.45) is 47.3 Å². The summed E-state index contributed by atoms with van der Waals surface area (Å²) in [7, 11) is 1.07. The van der Waals surface area contributed by atoms with Crippen LogP contribution in [0.2, 0.25) is 23.7 Å². The highest BCUT2D eigenvalue weighted by atomic mass is 28.3. The van der Waals surface area contributed by atoms with Crippen molar-refractivity contribution in [3.8, 4) is 0 Å². The van der Waals surface area contributed by atoms with Crippen molar-refractivity contribution < 1.29 is 4.74 Å². The SMILES string of the molecule is CN1C2CCCCC2C2C1C1CCCCC1C2[Si](C)(CCCCCCOC(C)(C)C)C1C2CCCCC2C2CCCCC21. The van der Waals surface area contributed by atoms with Crippen LogP contribution in [0.5, 0.6) is 0 Å². The first-order valence-corrected chi connectivity index (χ1v) is 23.0. The van der Waals surface area contributed by atoms with Crippen LogP contribution in [-0.2, 0) is 4.74 Å². The second kappa shape index (κ2) is 13.0. The minimum absolute atomic E-state index is 0.0159. The van der Waals surface area contributed by atoms with Gasteiger partial charge in [0.15, 0.2) is 0 Å². The van der Waals surface area contributed by atoms with Gasteiger partial charge in [-0.1, -0.05) is 102 Å². The number of unbranched alkanes of at least 4 members (excludes halogenated alkanes) is 3. The van der Waals surface area contributed by atoms with Crippen LogP contribution in [0.3, 0.4) is 0 Å². The van der Waals surface area contributed by atoms with E-state index in [1.165, 1.54) is 50.5 Å². The van der Waals surface area contributed by atoms with Gasteiger partial charge in [0, 0.05) is 18.7 Å². The van der Waals surface area contributed by atoms with Crippen LogP contribution in [0.15, 0.2) is 0 Å². The molecule has 1 heterocycles. The number of ether oxygens (including phenoxy) is 1. The van der Waals surface area contributed by atoms with Crippen LogP contribution >= 0.6 is 0 Å². The van der Waals surface area contributed by atoms with Crippen LogP contribution < -0.4 is 0 Å². The molecule has 7 rings (SSSR count). The molecule has 1 saturated heterocycles. The summed E-state index contributed by atoms with van der Waals surface area (Å²) >= 11 is 0. The molecule has 7 fully saturated rings. The predicted molar refractivity (Wildman–Crippen MR) is 185 cm³/mol. The molecule has 0 aromatic rings. The Morgan fingerprint density at radius 1 is 0.581 bits per heavy atom. The van der Waals surface area contributed by atoms with E-state index < -0.39 is 8.07 Å². The van der Waals surface area contributed by atoms with Crippen molar-refractivity contribution in [2.45, 2.75) is 191 Å². The first-order chi connectivity index (χ1) is 20.8. The zero-order valence-corrected chi connectivity index (χ0v) is 30.3. The number of likely N-dealkylation sites (tertiary alicyclic amines) is 1. The number of fused-ring (bicyclic) bond motifs is 8. The molecule has 0 bridgehead atoms. The Kier molecular flexibility index (Phi) is 9.57. The standard InChI is InChI=1S/C40H71NOSi/c1-40(2,3)42-26-16-6-7-17-27-43(5,38-31-21-11-8-18-28(31)29-19-9-12-22-32(29)38)39-33-23-13-10-20-30(33)37-36(39)34-24-14-15-25-35(34)41(37)4/h28-39H,6-27H2,1-5H3. The zero-order chi connectivity index (χ0) is 29.8. The van der Waals surface area contributed by atoms with Gasteiger partial charge in [-0.15, -0.1) is 0 Å². The average Bonchev–Trinajstić information content (AvgIpc) is 3.63. The lowest BCUT2D eigenvalue weighted by molar-refractivity contribution is -0.00471. The van der Waals surface area contributed by atoms with E-state index in [0.717, 1.165) is 71.6 Å². The molecule has 0 spiro atoms. The molecule has 7 aliphatic rings. The van der Waals surface area contributed by atoms with Crippen molar-refractivity contribution >= 4 is 8.07 Å². The first kappa shape index (κ1) is 31.7. The normalized spacial score (nSPS) is 46.0. The quantitative estimate of drug-likeness (QED) is 0.190. The zero-order valence-electron chi connectivity index (χ0n) is 29.3.